The van der Waals surface area contributed by atoms with Crippen molar-refractivity contribution in [2.45, 2.75) is 40.3 Å². The average Bonchev–Trinajstić information content (AvgIpc) is 2.81. The Morgan fingerprint density at radius 2 is 1.00 bits per heavy atom. The quantitative estimate of drug-likeness (QED) is 0.485. The van der Waals surface area contributed by atoms with E-state index >= 15 is 0 Å². The molecule has 5 nitrogen and oxygen atoms in total. The highest BCUT2D eigenvalue weighted by Gasteiger charge is 2.19. The van der Waals surface area contributed by atoms with Crippen LogP contribution in [0.5, 0.6) is 5.88 Å². The van der Waals surface area contributed by atoms with Gasteiger partial charge in [0, 0.05) is 6.42 Å². The van der Waals surface area contributed by atoms with Gasteiger partial charge in [-0.2, -0.15) is 0 Å². The highest BCUT2D eigenvalue weighted by atomic mass is 16.3. The number of aryl methyl sites for hydroxylation is 3. The smallest absolute Gasteiger partial charge is 0.334 e. The van der Waals surface area contributed by atoms with Crippen molar-refractivity contribution in [3.63, 3.8) is 0 Å². The summed E-state index contributed by atoms with van der Waals surface area (Å²) in [4.78, 5) is 26.8. The first-order valence-electron chi connectivity index (χ1n) is 11.0. The van der Waals surface area contributed by atoms with Crippen LogP contribution in [0.4, 0.5) is 0 Å². The monoisotopic (exact) mass is 440 g/mol. The van der Waals surface area contributed by atoms with Crippen molar-refractivity contribution in [3.05, 3.63) is 133 Å². The van der Waals surface area contributed by atoms with Crippen LogP contribution in [0.15, 0.2) is 82.4 Å². The molecule has 0 spiro atoms. The molecule has 5 heteroatoms. The van der Waals surface area contributed by atoms with E-state index in [2.05, 4.69) is 0 Å². The van der Waals surface area contributed by atoms with Gasteiger partial charge in [0.05, 0.1) is 18.7 Å². The van der Waals surface area contributed by atoms with Crippen molar-refractivity contribution in [1.82, 2.24) is 9.13 Å². The fourth-order valence-electron chi connectivity index (χ4n) is 3.84. The predicted molar refractivity (Wildman–Crippen MR) is 131 cm³/mol. The Labute approximate surface area is 193 Å². The van der Waals surface area contributed by atoms with Gasteiger partial charge in [-0.05, 0) is 37.5 Å². The number of hydrogen-bond acceptors (Lipinski definition) is 3. The van der Waals surface area contributed by atoms with Crippen molar-refractivity contribution in [3.8, 4) is 5.88 Å². The lowest BCUT2D eigenvalue weighted by atomic mass is 10.0. The van der Waals surface area contributed by atoms with Crippen LogP contribution in [0.1, 0.15) is 38.9 Å². The Morgan fingerprint density at radius 1 is 0.606 bits per heavy atom. The summed E-state index contributed by atoms with van der Waals surface area (Å²) in [6.07, 6.45) is 0.243. The summed E-state index contributed by atoms with van der Waals surface area (Å²) in [5.74, 6) is -0.272. The summed E-state index contributed by atoms with van der Waals surface area (Å²) in [5, 5.41) is 11.1. The first kappa shape index (κ1) is 22.3. The number of aromatic nitrogens is 2. The number of rotatable bonds is 6. The van der Waals surface area contributed by atoms with Gasteiger partial charge in [-0.15, -0.1) is 0 Å². The molecule has 0 fully saturated rings. The van der Waals surface area contributed by atoms with E-state index in [-0.39, 0.29) is 31.0 Å². The lowest BCUT2D eigenvalue weighted by Crippen LogP contribution is -2.42. The summed E-state index contributed by atoms with van der Waals surface area (Å²) in [6.45, 7) is 6.31. The summed E-state index contributed by atoms with van der Waals surface area (Å²) in [5.41, 5.74) is 5.20. The van der Waals surface area contributed by atoms with Gasteiger partial charge in [-0.3, -0.25) is 13.9 Å². The fraction of sp³-hybridized carbons (Fsp3) is 0.214. The van der Waals surface area contributed by atoms with E-state index in [1.807, 2.05) is 93.6 Å². The van der Waals surface area contributed by atoms with Crippen LogP contribution < -0.4 is 11.2 Å². The number of aromatic hydroxyl groups is 1. The topological polar surface area (TPSA) is 64.2 Å². The molecular formula is C28H28N2O3. The minimum atomic E-state index is -0.522. The van der Waals surface area contributed by atoms with Crippen LogP contribution >= 0.6 is 0 Å². The molecule has 0 atom stereocenters. The first-order chi connectivity index (χ1) is 15.8. The molecule has 0 saturated carbocycles. The molecule has 0 bridgehead atoms. The molecule has 0 saturated heterocycles. The Morgan fingerprint density at radius 3 is 1.45 bits per heavy atom. The molecule has 33 heavy (non-hydrogen) atoms. The molecule has 0 aliphatic heterocycles. The van der Waals surface area contributed by atoms with Crippen molar-refractivity contribution in [1.29, 1.82) is 0 Å². The average molecular weight is 441 g/mol. The van der Waals surface area contributed by atoms with Gasteiger partial charge in [0.1, 0.15) is 0 Å². The number of nitrogens with zero attached hydrogens (tertiary/aromatic N) is 2. The Kier molecular flexibility index (Phi) is 6.31. The Bertz CT molecular complexity index is 1300. The van der Waals surface area contributed by atoms with Crippen molar-refractivity contribution in [2.24, 2.45) is 0 Å². The molecule has 0 radical (unpaired) electrons. The molecule has 0 amide bonds. The van der Waals surface area contributed by atoms with Crippen molar-refractivity contribution >= 4 is 0 Å². The second-order valence-corrected chi connectivity index (χ2v) is 8.70. The van der Waals surface area contributed by atoms with Crippen LogP contribution in [0.25, 0.3) is 0 Å². The minimum Gasteiger partial charge on any atom is -0.494 e. The lowest BCUT2D eigenvalue weighted by Gasteiger charge is -2.16. The van der Waals surface area contributed by atoms with Crippen LogP contribution in [0.3, 0.4) is 0 Å². The van der Waals surface area contributed by atoms with Gasteiger partial charge in [0.2, 0.25) is 5.88 Å². The largest absolute Gasteiger partial charge is 0.494 e. The zero-order valence-corrected chi connectivity index (χ0v) is 19.2. The molecule has 1 aromatic heterocycles. The third-order valence-corrected chi connectivity index (χ3v) is 5.91. The van der Waals surface area contributed by atoms with Crippen LogP contribution in [-0.2, 0) is 19.5 Å². The van der Waals surface area contributed by atoms with Crippen LogP contribution in [-0.4, -0.2) is 14.2 Å². The van der Waals surface area contributed by atoms with Gasteiger partial charge >= 0.3 is 5.69 Å². The van der Waals surface area contributed by atoms with Gasteiger partial charge in [0.15, 0.2) is 0 Å². The van der Waals surface area contributed by atoms with Gasteiger partial charge in [0.25, 0.3) is 5.56 Å². The van der Waals surface area contributed by atoms with E-state index in [0.29, 0.717) is 0 Å². The van der Waals surface area contributed by atoms with E-state index < -0.39 is 11.2 Å². The minimum absolute atomic E-state index is 0.146. The van der Waals surface area contributed by atoms with E-state index in [9.17, 15) is 14.7 Å². The molecule has 4 aromatic rings. The van der Waals surface area contributed by atoms with Crippen molar-refractivity contribution in [2.75, 3.05) is 0 Å². The second-order valence-electron chi connectivity index (χ2n) is 8.70. The molecular weight excluding hydrogens is 412 g/mol. The molecule has 1 heterocycles. The van der Waals surface area contributed by atoms with Gasteiger partial charge in [-0.25, -0.2) is 4.79 Å². The molecule has 4 rings (SSSR count). The highest BCUT2D eigenvalue weighted by Crippen LogP contribution is 2.18. The standard InChI is InChI=1S/C28H28N2O3/c1-19-4-10-22(11-5-19)16-25-26(31)29(17-23-12-6-20(2)7-13-23)28(33)30(27(25)32)18-24-14-8-21(3)9-15-24/h4-15,31H,16-18H2,1-3H3. The Balaban J connectivity index is 1.84. The predicted octanol–water partition coefficient (Wildman–Crippen LogP) is 4.33. The Hall–Kier alpha value is -3.86. The maximum absolute atomic E-state index is 13.4. The van der Waals surface area contributed by atoms with Crippen LogP contribution in [0.2, 0.25) is 0 Å². The highest BCUT2D eigenvalue weighted by molar-refractivity contribution is 5.33. The molecule has 168 valence electrons. The van der Waals surface area contributed by atoms with Gasteiger partial charge in [-0.1, -0.05) is 89.5 Å². The molecule has 3 aromatic carbocycles. The molecule has 0 aliphatic carbocycles. The SMILES string of the molecule is Cc1ccc(Cc2c(O)n(Cc3ccc(C)cc3)c(=O)n(Cc3ccc(C)cc3)c2=O)cc1. The summed E-state index contributed by atoms with van der Waals surface area (Å²) in [6, 6.07) is 23.3. The molecule has 0 unspecified atom stereocenters. The maximum atomic E-state index is 13.4. The van der Waals surface area contributed by atoms with Crippen molar-refractivity contribution < 1.29 is 5.11 Å². The van der Waals surface area contributed by atoms with E-state index in [1.54, 1.807) is 0 Å². The summed E-state index contributed by atoms with van der Waals surface area (Å²) < 4.78 is 2.52. The van der Waals surface area contributed by atoms with E-state index in [1.165, 1.54) is 9.13 Å². The third-order valence-electron chi connectivity index (χ3n) is 5.91. The van der Waals surface area contributed by atoms with E-state index in [0.717, 1.165) is 33.4 Å². The zero-order chi connectivity index (χ0) is 23.5. The molecule has 1 N–H and O–H groups in total. The normalized spacial score (nSPS) is 11.0. The summed E-state index contributed by atoms with van der Waals surface area (Å²) >= 11 is 0. The maximum Gasteiger partial charge on any atom is 0.334 e. The van der Waals surface area contributed by atoms with E-state index in [4.69, 9.17) is 0 Å². The number of hydrogen-bond donors (Lipinski definition) is 1. The zero-order valence-electron chi connectivity index (χ0n) is 19.2. The summed E-state index contributed by atoms with van der Waals surface area (Å²) in [7, 11) is 0. The first-order valence-corrected chi connectivity index (χ1v) is 11.0. The second kappa shape index (κ2) is 9.33. The lowest BCUT2D eigenvalue weighted by molar-refractivity contribution is 0.393. The van der Waals surface area contributed by atoms with Crippen LogP contribution in [0, 0.1) is 20.8 Å². The fourth-order valence-corrected chi connectivity index (χ4v) is 3.84. The molecule has 0 aliphatic rings. The third kappa shape index (κ3) is 4.98. The number of benzene rings is 3. The van der Waals surface area contributed by atoms with Gasteiger partial charge < -0.3 is 5.11 Å².